The summed E-state index contributed by atoms with van der Waals surface area (Å²) >= 11 is 0. The SMILES string of the molecule is CCC(C)NC(=O)OC1CCC(C2CC(NC3C=CC=C4C(COC5CCOC5)=NN(C)C43)NN2)C1. The maximum Gasteiger partial charge on any atom is 0.407 e. The molecule has 5 aliphatic rings. The standard InChI is InChI=1S/C26H42N6O4/c1-4-16(2)27-26(33)36-18-9-8-17(12-18)22-13-24(30-29-22)28-21-7-5-6-20-23(31-32(3)25(20)21)15-35-19-10-11-34-14-19/h5-7,16-19,21-22,24-25,28-30H,4,8-15H2,1-3H3,(H,27,33). The largest absolute Gasteiger partial charge is 0.446 e. The van der Waals surface area contributed by atoms with E-state index in [0.717, 1.165) is 50.8 Å². The summed E-state index contributed by atoms with van der Waals surface area (Å²) in [6.45, 7) is 6.03. The molecule has 0 aromatic rings. The van der Waals surface area contributed by atoms with Gasteiger partial charge in [-0.1, -0.05) is 25.2 Å². The first-order chi connectivity index (χ1) is 17.5. The van der Waals surface area contributed by atoms with Crippen LogP contribution in [0.2, 0.25) is 0 Å². The van der Waals surface area contributed by atoms with Gasteiger partial charge in [-0.05, 0) is 51.4 Å². The molecule has 4 N–H and O–H groups in total. The van der Waals surface area contributed by atoms with Gasteiger partial charge in [-0.25, -0.2) is 10.2 Å². The molecule has 0 aromatic carbocycles. The van der Waals surface area contributed by atoms with E-state index in [2.05, 4.69) is 51.6 Å². The summed E-state index contributed by atoms with van der Waals surface area (Å²) < 4.78 is 17.2. The van der Waals surface area contributed by atoms with Crippen LogP contribution in [0.25, 0.3) is 0 Å². The number of amides is 1. The average Bonchev–Trinajstić information content (AvgIpc) is 3.66. The zero-order valence-electron chi connectivity index (χ0n) is 21.7. The molecule has 2 saturated heterocycles. The number of hydrazine groups is 1. The molecule has 8 atom stereocenters. The first-order valence-corrected chi connectivity index (χ1v) is 13.6. The van der Waals surface area contributed by atoms with Crippen LogP contribution in [0.3, 0.4) is 0 Å². The van der Waals surface area contributed by atoms with Crippen LogP contribution in [0, 0.1) is 5.92 Å². The van der Waals surface area contributed by atoms with Crippen molar-refractivity contribution in [2.75, 3.05) is 26.9 Å². The van der Waals surface area contributed by atoms with Crippen molar-refractivity contribution < 1.29 is 19.0 Å². The van der Waals surface area contributed by atoms with Crippen LogP contribution in [-0.4, -0.2) is 86.2 Å². The minimum atomic E-state index is -0.288. The van der Waals surface area contributed by atoms with Gasteiger partial charge in [0.1, 0.15) is 6.10 Å². The maximum atomic E-state index is 12.1. The molecule has 1 amide bonds. The van der Waals surface area contributed by atoms with Gasteiger partial charge in [0.05, 0.1) is 43.3 Å². The highest BCUT2D eigenvalue weighted by Gasteiger charge is 2.41. The van der Waals surface area contributed by atoms with Crippen LogP contribution in [0.5, 0.6) is 0 Å². The molecule has 0 radical (unpaired) electrons. The van der Waals surface area contributed by atoms with Crippen molar-refractivity contribution in [3.05, 3.63) is 23.8 Å². The summed E-state index contributed by atoms with van der Waals surface area (Å²) in [6, 6.07) is 0.795. The number of hydrogen-bond acceptors (Lipinski definition) is 9. The Morgan fingerprint density at radius 3 is 2.97 bits per heavy atom. The molecule has 0 bridgehead atoms. The number of likely N-dealkylation sites (N-methyl/N-ethyl adjacent to an activating group) is 1. The number of carbonyl (C=O) groups is 1. The van der Waals surface area contributed by atoms with Gasteiger partial charge in [0.15, 0.2) is 0 Å². The zero-order chi connectivity index (χ0) is 25.1. The van der Waals surface area contributed by atoms with Crippen molar-refractivity contribution in [2.45, 2.75) is 94.9 Å². The predicted octanol–water partition coefficient (Wildman–Crippen LogP) is 1.80. The lowest BCUT2D eigenvalue weighted by Gasteiger charge is -2.32. The number of hydrazone groups is 1. The number of ether oxygens (including phenoxy) is 3. The van der Waals surface area contributed by atoms with Crippen LogP contribution in [-0.2, 0) is 14.2 Å². The first kappa shape index (κ1) is 25.7. The lowest BCUT2D eigenvalue weighted by Crippen LogP contribution is -2.53. The maximum absolute atomic E-state index is 12.1. The molecule has 3 heterocycles. The second kappa shape index (κ2) is 11.6. The van der Waals surface area contributed by atoms with Crippen molar-refractivity contribution >= 4 is 11.8 Å². The molecule has 10 heteroatoms. The number of alkyl carbamates (subject to hydrolysis) is 1. The number of rotatable bonds is 9. The second-order valence-corrected chi connectivity index (χ2v) is 10.8. The van der Waals surface area contributed by atoms with Crippen molar-refractivity contribution in [1.29, 1.82) is 0 Å². The fourth-order valence-electron chi connectivity index (χ4n) is 5.95. The van der Waals surface area contributed by atoms with Crippen LogP contribution < -0.4 is 21.5 Å². The van der Waals surface area contributed by atoms with Crippen LogP contribution >= 0.6 is 0 Å². The van der Waals surface area contributed by atoms with Crippen LogP contribution in [0.4, 0.5) is 4.79 Å². The van der Waals surface area contributed by atoms with Crippen LogP contribution in [0.1, 0.15) is 52.4 Å². The summed E-state index contributed by atoms with van der Waals surface area (Å²) in [5, 5.41) is 13.6. The third-order valence-corrected chi connectivity index (χ3v) is 8.18. The molecular formula is C26H42N6O4. The van der Waals surface area contributed by atoms with E-state index in [1.807, 2.05) is 14.0 Å². The van der Waals surface area contributed by atoms with E-state index in [-0.39, 0.29) is 42.6 Å². The van der Waals surface area contributed by atoms with E-state index in [0.29, 0.717) is 25.2 Å². The third-order valence-electron chi connectivity index (χ3n) is 8.18. The van der Waals surface area contributed by atoms with Gasteiger partial charge in [0.25, 0.3) is 0 Å². The Kier molecular flexibility index (Phi) is 8.27. The lowest BCUT2D eigenvalue weighted by molar-refractivity contribution is 0.0661. The molecule has 8 unspecified atom stereocenters. The molecule has 10 nitrogen and oxygen atoms in total. The summed E-state index contributed by atoms with van der Waals surface area (Å²) in [6.07, 6.45) is 12.3. The van der Waals surface area contributed by atoms with Crippen LogP contribution in [0.15, 0.2) is 28.9 Å². The number of carbonyl (C=O) groups excluding carboxylic acids is 1. The number of allylic oxidation sites excluding steroid dienone is 2. The normalized spacial score (nSPS) is 36.5. The topological polar surface area (TPSA) is 108 Å². The molecule has 1 saturated carbocycles. The summed E-state index contributed by atoms with van der Waals surface area (Å²) in [5.41, 5.74) is 9.20. The smallest absolute Gasteiger partial charge is 0.407 e. The van der Waals surface area contributed by atoms with Gasteiger partial charge >= 0.3 is 6.09 Å². The van der Waals surface area contributed by atoms with Gasteiger partial charge in [-0.3, -0.25) is 15.8 Å². The second-order valence-electron chi connectivity index (χ2n) is 10.8. The third kappa shape index (κ3) is 5.94. The summed E-state index contributed by atoms with van der Waals surface area (Å²) in [4.78, 5) is 12.1. The predicted molar refractivity (Wildman–Crippen MR) is 137 cm³/mol. The lowest BCUT2D eigenvalue weighted by atomic mass is 9.91. The van der Waals surface area contributed by atoms with Crippen molar-refractivity contribution in [1.82, 2.24) is 26.5 Å². The van der Waals surface area contributed by atoms with Gasteiger partial charge in [-0.15, -0.1) is 0 Å². The van der Waals surface area contributed by atoms with E-state index in [1.54, 1.807) is 0 Å². The summed E-state index contributed by atoms with van der Waals surface area (Å²) in [5.74, 6) is 0.490. The minimum Gasteiger partial charge on any atom is -0.446 e. The molecule has 5 rings (SSSR count). The molecule has 0 spiro atoms. The average molecular weight is 503 g/mol. The molecule has 36 heavy (non-hydrogen) atoms. The molecule has 200 valence electrons. The first-order valence-electron chi connectivity index (χ1n) is 13.6. The highest BCUT2D eigenvalue weighted by molar-refractivity contribution is 6.04. The van der Waals surface area contributed by atoms with Gasteiger partial charge in [0, 0.05) is 31.3 Å². The fraction of sp³-hybridized carbons (Fsp3) is 0.769. The zero-order valence-corrected chi connectivity index (χ0v) is 21.7. The Hall–Kier alpha value is -1.98. The number of fused-ring (bicyclic) bond motifs is 1. The van der Waals surface area contributed by atoms with E-state index in [4.69, 9.17) is 19.3 Å². The molecule has 3 fully saturated rings. The Bertz CT molecular complexity index is 872. The molecular weight excluding hydrogens is 460 g/mol. The number of hydrogen-bond donors (Lipinski definition) is 4. The fourth-order valence-corrected chi connectivity index (χ4v) is 5.95. The Morgan fingerprint density at radius 1 is 1.28 bits per heavy atom. The van der Waals surface area contributed by atoms with E-state index < -0.39 is 0 Å². The Morgan fingerprint density at radius 2 is 2.17 bits per heavy atom. The van der Waals surface area contributed by atoms with Gasteiger partial charge in [0.2, 0.25) is 0 Å². The number of nitrogens with zero attached hydrogens (tertiary/aromatic N) is 2. The Balaban J connectivity index is 1.08. The van der Waals surface area contributed by atoms with Crippen molar-refractivity contribution in [2.24, 2.45) is 11.0 Å². The highest BCUT2D eigenvalue weighted by atomic mass is 16.6. The Labute approximate surface area is 214 Å². The van der Waals surface area contributed by atoms with E-state index in [9.17, 15) is 4.79 Å². The summed E-state index contributed by atoms with van der Waals surface area (Å²) in [7, 11) is 2.04. The van der Waals surface area contributed by atoms with E-state index >= 15 is 0 Å². The molecule has 2 aliphatic carbocycles. The quantitative estimate of drug-likeness (QED) is 0.378. The molecule has 0 aromatic heterocycles. The van der Waals surface area contributed by atoms with Gasteiger partial charge in [-0.2, -0.15) is 5.10 Å². The van der Waals surface area contributed by atoms with Crippen molar-refractivity contribution in [3.8, 4) is 0 Å². The minimum absolute atomic E-state index is 0.00237. The monoisotopic (exact) mass is 502 g/mol. The molecule has 3 aliphatic heterocycles. The van der Waals surface area contributed by atoms with Gasteiger partial charge < -0.3 is 19.5 Å². The van der Waals surface area contributed by atoms with Crippen molar-refractivity contribution in [3.63, 3.8) is 0 Å². The number of nitrogens with one attached hydrogen (secondary N) is 4. The highest BCUT2D eigenvalue weighted by Crippen LogP contribution is 2.33. The van der Waals surface area contributed by atoms with E-state index in [1.165, 1.54) is 5.57 Å².